The number of rotatable bonds is 21. The predicted octanol–water partition coefficient (Wildman–Crippen LogP) is -1.72. The number of fused-ring (bicyclic) bond motifs is 6. The van der Waals surface area contributed by atoms with Gasteiger partial charge in [0.1, 0.15) is 0 Å². The lowest BCUT2D eigenvalue weighted by molar-refractivity contribution is -0.152. The molecule has 0 aliphatic heterocycles. The fourth-order valence-electron chi connectivity index (χ4n) is 12.9. The second-order valence-corrected chi connectivity index (χ2v) is 22.3. The molecule has 366 valence electrons. The van der Waals surface area contributed by atoms with Crippen molar-refractivity contribution in [3.8, 4) is 0 Å². The molecule has 0 spiro atoms. The summed E-state index contributed by atoms with van der Waals surface area (Å²) in [6.07, 6.45) is 3.08. The van der Waals surface area contributed by atoms with Gasteiger partial charge in [-0.05, 0) is 90.3 Å². The summed E-state index contributed by atoms with van der Waals surface area (Å²) in [5.41, 5.74) is 10.7. The minimum Gasteiger partial charge on any atom is -0.395 e. The first-order chi connectivity index (χ1) is 30.5. The van der Waals surface area contributed by atoms with Crippen LogP contribution in [-0.2, 0) is 33.6 Å². The number of carbonyl (C=O) groups is 7. The van der Waals surface area contributed by atoms with Gasteiger partial charge in [-0.25, -0.2) is 0 Å². The van der Waals surface area contributed by atoms with Crippen molar-refractivity contribution in [3.63, 3.8) is 0 Å². The molecule has 65 heavy (non-hydrogen) atoms. The molecule has 0 aromatic rings. The number of nitrogens with two attached hydrogens (primary N) is 2. The average molecular weight is 917 g/mol. The highest BCUT2D eigenvalue weighted by Crippen LogP contribution is 2.62. The van der Waals surface area contributed by atoms with Gasteiger partial charge < -0.3 is 63.8 Å². The van der Waals surface area contributed by atoms with Crippen LogP contribution in [0.3, 0.4) is 0 Å². The molecule has 9 rings (SSSR count). The van der Waals surface area contributed by atoms with Gasteiger partial charge in [0.15, 0.2) is 0 Å². The van der Waals surface area contributed by atoms with Gasteiger partial charge >= 0.3 is 0 Å². The minimum absolute atomic E-state index is 0.0233. The van der Waals surface area contributed by atoms with Gasteiger partial charge in [0.25, 0.3) is 0 Å². The first kappa shape index (κ1) is 50.5. The summed E-state index contributed by atoms with van der Waals surface area (Å²) >= 11 is 0. The van der Waals surface area contributed by atoms with Crippen molar-refractivity contribution in [2.24, 2.45) is 81.0 Å². The zero-order valence-electron chi connectivity index (χ0n) is 38.9. The van der Waals surface area contributed by atoms with Crippen LogP contribution in [0, 0.1) is 69.5 Å². The Hall–Kier alpha value is -3.91. The molecule has 0 saturated heterocycles. The molecular weight excluding hydrogens is 841 g/mol. The molecule has 9 aliphatic rings. The Morgan fingerprint density at radius 2 is 0.769 bits per heavy atom. The third-order valence-electron chi connectivity index (χ3n) is 17.5. The van der Waals surface area contributed by atoms with Crippen LogP contribution >= 0.6 is 0 Å². The maximum Gasteiger partial charge on any atom is 0.225 e. The van der Waals surface area contributed by atoms with Gasteiger partial charge in [0.05, 0.1) is 62.3 Å². The monoisotopic (exact) mass is 917 g/mol. The van der Waals surface area contributed by atoms with Gasteiger partial charge in [-0.3, -0.25) is 33.6 Å². The summed E-state index contributed by atoms with van der Waals surface area (Å²) in [5, 5.41) is 57.5. The number of hydrogen-bond donors (Lipinski definition) is 12. The maximum atomic E-state index is 14.1. The number of aliphatic hydroxyl groups is 4. The second-order valence-electron chi connectivity index (χ2n) is 22.3. The van der Waals surface area contributed by atoms with E-state index in [-0.39, 0.29) is 95.9 Å². The number of hydrogen-bond acceptors (Lipinski definition) is 12. The molecule has 0 heterocycles. The molecule has 0 aromatic carbocycles. The van der Waals surface area contributed by atoms with E-state index in [1.807, 2.05) is 0 Å². The van der Waals surface area contributed by atoms with Gasteiger partial charge in [-0.15, -0.1) is 0 Å². The van der Waals surface area contributed by atoms with E-state index in [0.29, 0.717) is 19.3 Å². The fraction of sp³-hybridized carbons (Fsp3) is 0.848. The van der Waals surface area contributed by atoms with E-state index in [9.17, 15) is 54.0 Å². The van der Waals surface area contributed by atoms with Crippen LogP contribution < -0.4 is 43.4 Å². The lowest BCUT2D eigenvalue weighted by Gasteiger charge is -2.62. The first-order valence-electron chi connectivity index (χ1n) is 23.7. The Bertz CT molecular complexity index is 1830. The highest BCUT2D eigenvalue weighted by atomic mass is 16.3. The Labute approximate surface area is 381 Å². The molecule has 6 bridgehead atoms. The average Bonchev–Trinajstić information content (AvgIpc) is 3.24. The van der Waals surface area contributed by atoms with Crippen LogP contribution in [0.25, 0.3) is 0 Å². The third kappa shape index (κ3) is 10.3. The van der Waals surface area contributed by atoms with Crippen molar-refractivity contribution >= 4 is 41.4 Å². The summed E-state index contributed by atoms with van der Waals surface area (Å²) in [6, 6.07) is -5.15. The van der Waals surface area contributed by atoms with Gasteiger partial charge in [-0.2, -0.15) is 0 Å². The van der Waals surface area contributed by atoms with Crippen molar-refractivity contribution in [1.82, 2.24) is 31.9 Å². The standard InChI is InChI=1S/C46H76N8O11/c1-44(2)21-7-28(38(31(44)10-21)52-35(60)13-24(47)17-55)42(64)50-26(19-57)15-37(62)54-40-30(9-23-12-33(40)46(23,5)6)43(65)51-27(20-58)16-36(61)53-39-29(8-22-11-32(39)45(22,3)4)41(63)49-25(18-56)14-34(48)59/h21-33,38-40,55-58H,7-20,47H2,1-6H3,(H2,48,59)(H,49,63)(H,50,64)(H,51,65)(H,52,60)(H,53,61)(H,54,62)/t21-,22-,23-,24-,25-,26-,27-,28+,29+,30+,31-,32-,33-,38-,39-,40-/m1/s1. The number of amides is 7. The molecule has 19 heteroatoms. The molecule has 0 aromatic heterocycles. The van der Waals surface area contributed by atoms with Crippen LogP contribution in [0.2, 0.25) is 0 Å². The van der Waals surface area contributed by atoms with Crippen molar-refractivity contribution in [2.45, 2.75) is 148 Å². The first-order valence-corrected chi connectivity index (χ1v) is 23.7. The van der Waals surface area contributed by atoms with Crippen molar-refractivity contribution in [1.29, 1.82) is 0 Å². The molecule has 19 nitrogen and oxygen atoms in total. The second kappa shape index (κ2) is 19.7. The Morgan fingerprint density at radius 1 is 0.477 bits per heavy atom. The summed E-state index contributed by atoms with van der Waals surface area (Å²) in [4.78, 5) is 93.3. The molecule has 7 amide bonds. The molecule has 0 unspecified atom stereocenters. The maximum absolute atomic E-state index is 14.1. The third-order valence-corrected chi connectivity index (χ3v) is 17.5. The van der Waals surface area contributed by atoms with E-state index in [2.05, 4.69) is 73.4 Å². The van der Waals surface area contributed by atoms with E-state index in [1.54, 1.807) is 0 Å². The summed E-state index contributed by atoms with van der Waals surface area (Å²) < 4.78 is 0. The summed E-state index contributed by atoms with van der Waals surface area (Å²) in [7, 11) is 0. The Balaban J connectivity index is 1.06. The predicted molar refractivity (Wildman–Crippen MR) is 236 cm³/mol. The van der Waals surface area contributed by atoms with Crippen LogP contribution in [0.1, 0.15) is 106 Å². The van der Waals surface area contributed by atoms with Gasteiger partial charge in [0.2, 0.25) is 41.4 Å². The number of carbonyl (C=O) groups excluding carboxylic acids is 7. The lowest BCUT2D eigenvalue weighted by atomic mass is 9.45. The highest BCUT2D eigenvalue weighted by molar-refractivity contribution is 5.86. The number of primary amides is 1. The molecular formula is C46H76N8O11. The summed E-state index contributed by atoms with van der Waals surface area (Å²) in [5.74, 6) is -4.40. The van der Waals surface area contributed by atoms with E-state index in [4.69, 9.17) is 11.5 Å². The Morgan fingerprint density at radius 3 is 1.03 bits per heavy atom. The molecule has 14 N–H and O–H groups in total. The van der Waals surface area contributed by atoms with E-state index in [1.165, 1.54) is 0 Å². The van der Waals surface area contributed by atoms with Crippen molar-refractivity contribution in [3.05, 3.63) is 0 Å². The summed E-state index contributed by atoms with van der Waals surface area (Å²) in [6.45, 7) is 10.7. The van der Waals surface area contributed by atoms with Gasteiger partial charge in [-0.1, -0.05) is 41.5 Å². The fourth-order valence-corrected chi connectivity index (χ4v) is 12.9. The zero-order chi connectivity index (χ0) is 47.9. The van der Waals surface area contributed by atoms with E-state index < -0.39 is 109 Å². The quantitative estimate of drug-likeness (QED) is 0.0613. The van der Waals surface area contributed by atoms with Crippen molar-refractivity contribution < 1.29 is 54.0 Å². The van der Waals surface area contributed by atoms with Crippen molar-refractivity contribution in [2.75, 3.05) is 26.4 Å². The lowest BCUT2D eigenvalue weighted by Crippen LogP contribution is -2.67. The molecule has 9 aliphatic carbocycles. The van der Waals surface area contributed by atoms with E-state index in [0.717, 1.165) is 19.3 Å². The van der Waals surface area contributed by atoms with Crippen LogP contribution in [0.5, 0.6) is 0 Å². The highest BCUT2D eigenvalue weighted by Gasteiger charge is 2.62. The van der Waals surface area contributed by atoms with Gasteiger partial charge in [0, 0.05) is 49.9 Å². The largest absolute Gasteiger partial charge is 0.395 e. The smallest absolute Gasteiger partial charge is 0.225 e. The SMILES string of the molecule is CC1(C)[C@@H]2C[C@H](C(=O)N[C@@H](CO)CC(N)=O)[C@@H](NC(=O)C[C@H](CO)NC(=O)[C@H]3C[C@@H]4C[C@H]([C@@H]3NC(=O)C[C@H](CO)NC(=O)[C@H]3C[C@@H]5C[C@H]([C@@H]3NC(=O)C[C@@H](N)CO)C5(C)C)C4(C)C)[C@H]1C2. The molecule has 9 fully saturated rings. The van der Waals surface area contributed by atoms with Crippen LogP contribution in [-0.4, -0.2) is 130 Å². The van der Waals surface area contributed by atoms with Crippen LogP contribution in [0.4, 0.5) is 0 Å². The normalized spacial score (nSPS) is 34.8. The molecule has 16 atom stereocenters. The minimum atomic E-state index is -0.970. The van der Waals surface area contributed by atoms with Crippen LogP contribution in [0.15, 0.2) is 0 Å². The number of aliphatic hydroxyl groups excluding tert-OH is 4. The topological polar surface area (TPSA) is 325 Å². The molecule has 0 radical (unpaired) electrons. The number of nitrogens with one attached hydrogen (secondary N) is 6. The van der Waals surface area contributed by atoms with E-state index >= 15 is 0 Å². The zero-order valence-corrected chi connectivity index (χ0v) is 38.9. The molecule has 9 saturated carbocycles. The Kier molecular flexibility index (Phi) is 15.3.